The van der Waals surface area contributed by atoms with E-state index in [4.69, 9.17) is 11.6 Å². The number of thiophene rings is 1. The molecule has 0 radical (unpaired) electrons. The largest absolute Gasteiger partial charge is 0.324 e. The third kappa shape index (κ3) is 4.93. The minimum atomic E-state index is -0.147. The maximum atomic E-state index is 12.2. The molecule has 0 aliphatic heterocycles. The number of thioether (sulfide) groups is 1. The van der Waals surface area contributed by atoms with Crippen LogP contribution in [0.2, 0.25) is 5.02 Å². The van der Waals surface area contributed by atoms with Gasteiger partial charge in [-0.3, -0.25) is 4.79 Å². The van der Waals surface area contributed by atoms with Gasteiger partial charge in [0.15, 0.2) is 11.0 Å². The molecule has 5 nitrogen and oxygen atoms in total. The topological polar surface area (TPSA) is 59.8 Å². The number of carbonyl (C=O) groups is 1. The molecule has 3 aromatic rings. The molecule has 2 heterocycles. The standard InChI is InChI=1S/C18H18BrClN4OS2/c1-10(2)15-6-11(8-26-15)17-22-23-18(24(17)3)27-9-16(25)21-14-5-4-12(19)7-13(14)20/h4-8,10H,9H2,1-3H3,(H,21,25). The lowest BCUT2D eigenvalue weighted by Crippen LogP contribution is -2.14. The van der Waals surface area contributed by atoms with Crippen molar-refractivity contribution in [1.29, 1.82) is 0 Å². The predicted molar refractivity (Wildman–Crippen MR) is 117 cm³/mol. The number of amides is 1. The zero-order valence-corrected chi connectivity index (χ0v) is 19.0. The van der Waals surface area contributed by atoms with Crippen molar-refractivity contribution in [3.05, 3.63) is 44.0 Å². The van der Waals surface area contributed by atoms with E-state index in [0.717, 1.165) is 15.9 Å². The molecule has 2 aromatic heterocycles. The first-order chi connectivity index (χ1) is 12.8. The lowest BCUT2D eigenvalue weighted by molar-refractivity contribution is -0.113. The van der Waals surface area contributed by atoms with Crippen molar-refractivity contribution in [3.8, 4) is 11.4 Å². The molecule has 0 fully saturated rings. The Labute approximate surface area is 179 Å². The highest BCUT2D eigenvalue weighted by molar-refractivity contribution is 9.10. The molecule has 0 aliphatic rings. The summed E-state index contributed by atoms with van der Waals surface area (Å²) in [6.45, 7) is 4.34. The van der Waals surface area contributed by atoms with E-state index in [9.17, 15) is 4.79 Å². The minimum Gasteiger partial charge on any atom is -0.324 e. The molecule has 0 unspecified atom stereocenters. The highest BCUT2D eigenvalue weighted by atomic mass is 79.9. The Hall–Kier alpha value is -1.35. The van der Waals surface area contributed by atoms with Crippen molar-refractivity contribution < 1.29 is 4.79 Å². The maximum Gasteiger partial charge on any atom is 0.234 e. The van der Waals surface area contributed by atoms with E-state index in [1.165, 1.54) is 16.6 Å². The Morgan fingerprint density at radius 3 is 2.81 bits per heavy atom. The number of anilines is 1. The first kappa shape index (κ1) is 20.4. The third-order valence-electron chi connectivity index (χ3n) is 3.82. The molecule has 0 aliphatic carbocycles. The normalized spacial score (nSPS) is 11.2. The van der Waals surface area contributed by atoms with Gasteiger partial charge in [-0.15, -0.1) is 21.5 Å². The van der Waals surface area contributed by atoms with Crippen molar-refractivity contribution in [1.82, 2.24) is 14.8 Å². The van der Waals surface area contributed by atoms with Gasteiger partial charge in [0.25, 0.3) is 0 Å². The monoisotopic (exact) mass is 484 g/mol. The van der Waals surface area contributed by atoms with Crippen LogP contribution in [0.1, 0.15) is 24.6 Å². The first-order valence-corrected chi connectivity index (χ1v) is 11.2. The summed E-state index contributed by atoms with van der Waals surface area (Å²) in [6, 6.07) is 7.48. The first-order valence-electron chi connectivity index (χ1n) is 8.21. The molecule has 1 N–H and O–H groups in total. The summed E-state index contributed by atoms with van der Waals surface area (Å²) < 4.78 is 2.78. The van der Waals surface area contributed by atoms with E-state index in [1.807, 2.05) is 17.7 Å². The van der Waals surface area contributed by atoms with Crippen LogP contribution >= 0.6 is 50.6 Å². The second-order valence-corrected chi connectivity index (χ2v) is 9.43. The highest BCUT2D eigenvalue weighted by Crippen LogP contribution is 2.30. The van der Waals surface area contributed by atoms with Crippen molar-refractivity contribution in [2.24, 2.45) is 7.05 Å². The van der Waals surface area contributed by atoms with E-state index in [0.29, 0.717) is 21.8 Å². The third-order valence-corrected chi connectivity index (χ3v) is 6.88. The summed E-state index contributed by atoms with van der Waals surface area (Å²) in [4.78, 5) is 13.5. The smallest absolute Gasteiger partial charge is 0.234 e. The fourth-order valence-electron chi connectivity index (χ4n) is 2.37. The van der Waals surface area contributed by atoms with Crippen molar-refractivity contribution in [2.45, 2.75) is 24.9 Å². The van der Waals surface area contributed by atoms with Crippen LogP contribution in [-0.2, 0) is 11.8 Å². The lowest BCUT2D eigenvalue weighted by Gasteiger charge is -2.07. The number of hydrogen-bond donors (Lipinski definition) is 1. The molecular formula is C18H18BrClN4OS2. The van der Waals surface area contributed by atoms with Gasteiger partial charge < -0.3 is 9.88 Å². The molecule has 3 rings (SSSR count). The summed E-state index contributed by atoms with van der Waals surface area (Å²) >= 11 is 12.5. The van der Waals surface area contributed by atoms with Crippen LogP contribution in [-0.4, -0.2) is 26.4 Å². The minimum absolute atomic E-state index is 0.147. The van der Waals surface area contributed by atoms with Gasteiger partial charge in [-0.2, -0.15) is 0 Å². The van der Waals surface area contributed by atoms with E-state index >= 15 is 0 Å². The second-order valence-electron chi connectivity index (χ2n) is 6.22. The summed E-state index contributed by atoms with van der Waals surface area (Å²) in [5.74, 6) is 1.36. The van der Waals surface area contributed by atoms with E-state index in [2.05, 4.69) is 56.7 Å². The summed E-state index contributed by atoms with van der Waals surface area (Å²) in [6.07, 6.45) is 0. The zero-order valence-electron chi connectivity index (χ0n) is 15.0. The van der Waals surface area contributed by atoms with Crippen molar-refractivity contribution >= 4 is 62.2 Å². The predicted octanol–water partition coefficient (Wildman–Crippen LogP) is 5.81. The molecule has 0 atom stereocenters. The highest BCUT2D eigenvalue weighted by Gasteiger charge is 2.15. The van der Waals surface area contributed by atoms with Crippen LogP contribution in [0.3, 0.4) is 0 Å². The Balaban J connectivity index is 1.64. The molecule has 27 heavy (non-hydrogen) atoms. The Kier molecular flexibility index (Phi) is 6.62. The van der Waals surface area contributed by atoms with Gasteiger partial charge in [0, 0.05) is 27.3 Å². The number of rotatable bonds is 6. The fraction of sp³-hybridized carbons (Fsp3) is 0.278. The number of hydrogen-bond acceptors (Lipinski definition) is 5. The number of benzene rings is 1. The number of nitrogens with zero attached hydrogens (tertiary/aromatic N) is 3. The average molecular weight is 486 g/mol. The molecule has 0 spiro atoms. The molecule has 0 saturated carbocycles. The summed E-state index contributed by atoms with van der Waals surface area (Å²) in [7, 11) is 1.91. The number of halogens is 2. The van der Waals surface area contributed by atoms with Crippen LogP contribution in [0.5, 0.6) is 0 Å². The SMILES string of the molecule is CC(C)c1cc(-c2nnc(SCC(=O)Nc3ccc(Br)cc3Cl)n2C)cs1. The van der Waals surface area contributed by atoms with Crippen LogP contribution in [0, 0.1) is 0 Å². The van der Waals surface area contributed by atoms with Gasteiger partial charge in [0.1, 0.15) is 0 Å². The van der Waals surface area contributed by atoms with Crippen molar-refractivity contribution in [2.75, 3.05) is 11.1 Å². The van der Waals surface area contributed by atoms with E-state index in [1.54, 1.807) is 23.5 Å². The quantitative estimate of drug-likeness (QED) is 0.447. The molecule has 9 heteroatoms. The molecule has 0 bridgehead atoms. The van der Waals surface area contributed by atoms with Gasteiger partial charge in [0.05, 0.1) is 16.5 Å². The van der Waals surface area contributed by atoms with Gasteiger partial charge in [-0.05, 0) is 30.2 Å². The second kappa shape index (κ2) is 8.77. The molecule has 0 saturated heterocycles. The number of nitrogens with one attached hydrogen (secondary N) is 1. The molecule has 142 valence electrons. The fourth-order valence-corrected chi connectivity index (χ4v) is 4.71. The number of carbonyl (C=O) groups excluding carboxylic acids is 1. The van der Waals surface area contributed by atoms with Crippen LogP contribution in [0.15, 0.2) is 39.3 Å². The Bertz CT molecular complexity index is 970. The summed E-state index contributed by atoms with van der Waals surface area (Å²) in [5, 5.41) is 14.6. The zero-order chi connectivity index (χ0) is 19.6. The van der Waals surface area contributed by atoms with Crippen LogP contribution < -0.4 is 5.32 Å². The summed E-state index contributed by atoms with van der Waals surface area (Å²) in [5.41, 5.74) is 1.64. The van der Waals surface area contributed by atoms with Crippen LogP contribution in [0.4, 0.5) is 5.69 Å². The van der Waals surface area contributed by atoms with Gasteiger partial charge in [-0.1, -0.05) is 53.1 Å². The molecule has 1 aromatic carbocycles. The van der Waals surface area contributed by atoms with Crippen LogP contribution in [0.25, 0.3) is 11.4 Å². The van der Waals surface area contributed by atoms with E-state index in [-0.39, 0.29) is 11.7 Å². The molecule has 1 amide bonds. The number of aromatic nitrogens is 3. The lowest BCUT2D eigenvalue weighted by atomic mass is 10.1. The van der Waals surface area contributed by atoms with Gasteiger partial charge >= 0.3 is 0 Å². The van der Waals surface area contributed by atoms with Crippen molar-refractivity contribution in [3.63, 3.8) is 0 Å². The average Bonchev–Trinajstić information content (AvgIpc) is 3.22. The van der Waals surface area contributed by atoms with Gasteiger partial charge in [-0.25, -0.2) is 0 Å². The Morgan fingerprint density at radius 1 is 1.37 bits per heavy atom. The molecular weight excluding hydrogens is 468 g/mol. The Morgan fingerprint density at radius 2 is 2.15 bits per heavy atom. The van der Waals surface area contributed by atoms with E-state index < -0.39 is 0 Å². The maximum absolute atomic E-state index is 12.2. The van der Waals surface area contributed by atoms with Gasteiger partial charge in [0.2, 0.25) is 5.91 Å².